The van der Waals surface area contributed by atoms with Gasteiger partial charge in [-0.1, -0.05) is 77.1 Å². The van der Waals surface area contributed by atoms with Crippen LogP contribution >= 0.6 is 11.3 Å². The molecule has 248 valence electrons. The van der Waals surface area contributed by atoms with Gasteiger partial charge in [-0.3, -0.25) is 19.2 Å². The summed E-state index contributed by atoms with van der Waals surface area (Å²) in [6.45, 7) is 8.17. The third kappa shape index (κ3) is 10.4. The van der Waals surface area contributed by atoms with E-state index >= 15 is 0 Å². The summed E-state index contributed by atoms with van der Waals surface area (Å²) in [6, 6.07) is 7.13. The van der Waals surface area contributed by atoms with Gasteiger partial charge in [0.25, 0.3) is 0 Å². The number of likely N-dealkylation sites (tertiary alicyclic amines) is 1. The van der Waals surface area contributed by atoms with E-state index in [1.54, 1.807) is 18.4 Å². The van der Waals surface area contributed by atoms with Crippen molar-refractivity contribution in [1.82, 2.24) is 20.5 Å². The predicted molar refractivity (Wildman–Crippen MR) is 177 cm³/mol. The van der Waals surface area contributed by atoms with Gasteiger partial charge < -0.3 is 26.4 Å². The van der Waals surface area contributed by atoms with E-state index in [1.807, 2.05) is 57.5 Å². The van der Waals surface area contributed by atoms with Crippen LogP contribution in [-0.4, -0.2) is 64.4 Å². The van der Waals surface area contributed by atoms with Crippen LogP contribution in [0.25, 0.3) is 10.4 Å². The highest BCUT2D eigenvalue weighted by molar-refractivity contribution is 7.13. The maximum absolute atomic E-state index is 14.2. The molecule has 1 aliphatic heterocycles. The zero-order chi connectivity index (χ0) is 33.1. The van der Waals surface area contributed by atoms with E-state index in [1.165, 1.54) is 4.90 Å². The average Bonchev–Trinajstić information content (AvgIpc) is 3.60. The predicted octanol–water partition coefficient (Wildman–Crippen LogP) is 4.33. The van der Waals surface area contributed by atoms with Crippen LogP contribution in [0, 0.1) is 24.2 Å². The number of nitrogens with two attached hydrogens (primary N) is 1. The number of nitrogens with one attached hydrogen (secondary N) is 2. The number of carbonyl (C=O) groups is 4. The van der Waals surface area contributed by atoms with Crippen LogP contribution in [0.2, 0.25) is 0 Å². The Bertz CT molecular complexity index is 1290. The number of nitrogens with zero attached hydrogens (tertiary/aromatic N) is 2. The number of amides is 4. The smallest absolute Gasteiger partial charge is 0.243 e. The third-order valence-electron chi connectivity index (χ3n) is 8.67. The van der Waals surface area contributed by atoms with E-state index in [-0.39, 0.29) is 36.6 Å². The average molecular weight is 642 g/mol. The summed E-state index contributed by atoms with van der Waals surface area (Å²) in [4.78, 5) is 58.7. The summed E-state index contributed by atoms with van der Waals surface area (Å²) in [5.41, 5.74) is 9.44. The van der Waals surface area contributed by atoms with Crippen LogP contribution in [0.1, 0.15) is 89.8 Å². The molecular weight excluding hydrogens is 590 g/mol. The van der Waals surface area contributed by atoms with Crippen molar-refractivity contribution in [3.63, 3.8) is 0 Å². The maximum atomic E-state index is 14.2. The molecule has 5 N–H and O–H groups in total. The molecule has 1 saturated heterocycles. The van der Waals surface area contributed by atoms with Crippen LogP contribution in [0.3, 0.4) is 0 Å². The first kappa shape index (κ1) is 36.2. The first-order chi connectivity index (χ1) is 21.3. The number of benzene rings is 1. The lowest BCUT2D eigenvalue weighted by atomic mass is 9.70. The summed E-state index contributed by atoms with van der Waals surface area (Å²) in [5.74, 6) is -2.30. The molecule has 10 nitrogen and oxygen atoms in total. The topological polar surface area (TPSA) is 155 Å². The molecule has 0 aliphatic carbocycles. The van der Waals surface area contributed by atoms with Crippen molar-refractivity contribution in [2.45, 2.75) is 104 Å². The van der Waals surface area contributed by atoms with Crippen molar-refractivity contribution in [2.75, 3.05) is 13.6 Å². The number of hydrogen-bond donors (Lipinski definition) is 4. The normalized spacial score (nSPS) is 18.0. The van der Waals surface area contributed by atoms with Gasteiger partial charge in [0.2, 0.25) is 23.6 Å². The standard InChI is InChI=1S/C34H51N5O5S/c1-22-30(45-21-38-22)24-16-14-23(15-17-24)19-37-32(43)27-18-25(40)20-39(27)33(44)29(34(2,3)4)26(31(42)36-5)12-10-8-6-7-9-11-13-28(35)41/h14-17,21,25-27,29,40H,6-13,18-20H2,1-5H3,(H2,35,41)(H,36,42)(H,37,43)/t25-,26?,27+,29-/m1/s1. The zero-order valence-electron chi connectivity index (χ0n) is 27.4. The zero-order valence-corrected chi connectivity index (χ0v) is 28.3. The Morgan fingerprint density at radius 3 is 2.29 bits per heavy atom. The molecule has 1 aromatic heterocycles. The van der Waals surface area contributed by atoms with E-state index in [9.17, 15) is 24.3 Å². The van der Waals surface area contributed by atoms with Crippen molar-refractivity contribution < 1.29 is 24.3 Å². The number of aliphatic hydroxyl groups is 1. The van der Waals surface area contributed by atoms with Crippen molar-refractivity contribution in [3.8, 4) is 10.4 Å². The molecular formula is C34H51N5O5S. The number of rotatable bonds is 16. The third-order valence-corrected chi connectivity index (χ3v) is 9.64. The van der Waals surface area contributed by atoms with Gasteiger partial charge in [-0.05, 0) is 36.3 Å². The summed E-state index contributed by atoms with van der Waals surface area (Å²) >= 11 is 1.59. The molecule has 11 heteroatoms. The van der Waals surface area contributed by atoms with E-state index in [4.69, 9.17) is 5.73 Å². The van der Waals surface area contributed by atoms with Crippen LogP contribution in [0.4, 0.5) is 0 Å². The summed E-state index contributed by atoms with van der Waals surface area (Å²) < 4.78 is 0. The number of aliphatic hydroxyl groups excluding tert-OH is 1. The van der Waals surface area contributed by atoms with Crippen molar-refractivity contribution >= 4 is 35.0 Å². The van der Waals surface area contributed by atoms with Gasteiger partial charge in [0.05, 0.1) is 34.0 Å². The lowest BCUT2D eigenvalue weighted by molar-refractivity contribution is -0.150. The monoisotopic (exact) mass is 641 g/mol. The minimum atomic E-state index is -0.819. The number of β-amino-alcohol motifs (C(OH)–C–C–N with tert-alkyl or cyclic N) is 1. The lowest BCUT2D eigenvalue weighted by Gasteiger charge is -2.39. The van der Waals surface area contributed by atoms with Gasteiger partial charge in [-0.25, -0.2) is 4.98 Å². The molecule has 0 spiro atoms. The van der Waals surface area contributed by atoms with Gasteiger partial charge in [-0.2, -0.15) is 0 Å². The highest BCUT2D eigenvalue weighted by atomic mass is 32.1. The molecule has 1 unspecified atom stereocenters. The first-order valence-corrected chi connectivity index (χ1v) is 17.0. The highest BCUT2D eigenvalue weighted by Gasteiger charge is 2.47. The molecule has 4 amide bonds. The fourth-order valence-electron chi connectivity index (χ4n) is 6.30. The first-order valence-electron chi connectivity index (χ1n) is 16.1. The Morgan fingerprint density at radius 2 is 1.71 bits per heavy atom. The molecule has 0 saturated carbocycles. The Balaban J connectivity index is 1.65. The highest BCUT2D eigenvalue weighted by Crippen LogP contribution is 2.38. The van der Waals surface area contributed by atoms with E-state index < -0.39 is 29.4 Å². The summed E-state index contributed by atoms with van der Waals surface area (Å²) in [7, 11) is 1.58. The summed E-state index contributed by atoms with van der Waals surface area (Å²) in [5, 5.41) is 16.3. The van der Waals surface area contributed by atoms with E-state index in [2.05, 4.69) is 15.6 Å². The van der Waals surface area contributed by atoms with Crippen LogP contribution in [0.15, 0.2) is 29.8 Å². The number of hydrogen-bond acceptors (Lipinski definition) is 7. The quantitative estimate of drug-likeness (QED) is 0.200. The number of carbonyl (C=O) groups excluding carboxylic acids is 4. The molecule has 4 atom stereocenters. The molecule has 0 radical (unpaired) electrons. The van der Waals surface area contributed by atoms with Gasteiger partial charge in [-0.15, -0.1) is 11.3 Å². The molecule has 1 aromatic carbocycles. The van der Waals surface area contributed by atoms with Crippen molar-refractivity contribution in [2.24, 2.45) is 23.0 Å². The number of primary amides is 1. The molecule has 1 aliphatic rings. The number of aromatic nitrogens is 1. The van der Waals surface area contributed by atoms with Gasteiger partial charge in [0, 0.05) is 33.0 Å². The van der Waals surface area contributed by atoms with Crippen LogP contribution in [-0.2, 0) is 25.7 Å². The molecule has 2 heterocycles. The van der Waals surface area contributed by atoms with Gasteiger partial charge in [0.1, 0.15) is 6.04 Å². The Labute approximate surface area is 271 Å². The largest absolute Gasteiger partial charge is 0.391 e. The Kier molecular flexibility index (Phi) is 13.5. The molecule has 3 rings (SSSR count). The fraction of sp³-hybridized carbons (Fsp3) is 0.618. The number of unbranched alkanes of at least 4 members (excludes halogenated alkanes) is 5. The number of thiazole rings is 1. The lowest BCUT2D eigenvalue weighted by Crippen LogP contribution is -2.53. The van der Waals surface area contributed by atoms with Gasteiger partial charge in [0.15, 0.2) is 0 Å². The second kappa shape index (κ2) is 16.8. The van der Waals surface area contributed by atoms with E-state index in [0.717, 1.165) is 60.2 Å². The maximum Gasteiger partial charge on any atom is 0.243 e. The summed E-state index contributed by atoms with van der Waals surface area (Å²) in [6.07, 6.45) is 5.64. The van der Waals surface area contributed by atoms with Crippen LogP contribution in [0.5, 0.6) is 0 Å². The minimum absolute atomic E-state index is 0.0537. The SMILES string of the molecule is CNC(=O)C(CCCCCCCCC(N)=O)[C@H](C(=O)N1C[C@H](O)C[C@H]1C(=O)NCc1ccc(-c2scnc2C)cc1)C(C)(C)C. The Hall–Kier alpha value is -3.31. The fourth-order valence-corrected chi connectivity index (χ4v) is 7.11. The second-order valence-corrected chi connectivity index (χ2v) is 14.1. The number of aryl methyl sites for hydroxylation is 1. The van der Waals surface area contributed by atoms with Crippen molar-refractivity contribution in [3.05, 3.63) is 41.0 Å². The van der Waals surface area contributed by atoms with E-state index in [0.29, 0.717) is 19.4 Å². The molecule has 1 fully saturated rings. The van der Waals surface area contributed by atoms with Crippen LogP contribution < -0.4 is 16.4 Å². The Morgan fingerprint density at radius 1 is 1.07 bits per heavy atom. The molecule has 45 heavy (non-hydrogen) atoms. The second-order valence-electron chi connectivity index (χ2n) is 13.3. The molecule has 2 aromatic rings. The molecule has 0 bridgehead atoms. The van der Waals surface area contributed by atoms with Crippen molar-refractivity contribution in [1.29, 1.82) is 0 Å². The van der Waals surface area contributed by atoms with Gasteiger partial charge >= 0.3 is 0 Å². The minimum Gasteiger partial charge on any atom is -0.391 e.